The van der Waals surface area contributed by atoms with Crippen LogP contribution in [0.2, 0.25) is 0 Å². The molecular formula is C28H33F3N4O3. The number of benzodiazepines with no additional fused rings is 1. The van der Waals surface area contributed by atoms with Gasteiger partial charge in [0, 0.05) is 24.1 Å². The molecule has 0 saturated heterocycles. The molecule has 10 heteroatoms. The number of hydrogen-bond donors (Lipinski definition) is 2. The number of nitrogens with one attached hydrogen (secondary N) is 2. The van der Waals surface area contributed by atoms with Crippen molar-refractivity contribution in [3.63, 3.8) is 0 Å². The Kier molecular flexibility index (Phi) is 8.96. The van der Waals surface area contributed by atoms with Gasteiger partial charge in [-0.3, -0.25) is 14.4 Å². The van der Waals surface area contributed by atoms with E-state index in [0.29, 0.717) is 24.4 Å². The molecule has 3 amide bonds. The molecule has 1 aliphatic heterocycles. The molecule has 0 aliphatic carbocycles. The van der Waals surface area contributed by atoms with E-state index in [2.05, 4.69) is 36.4 Å². The fourth-order valence-corrected chi connectivity index (χ4v) is 3.92. The Morgan fingerprint density at radius 3 is 2.26 bits per heavy atom. The largest absolute Gasteiger partial charge is 0.389 e. The summed E-state index contributed by atoms with van der Waals surface area (Å²) in [6, 6.07) is 15.5. The highest BCUT2D eigenvalue weighted by Gasteiger charge is 2.34. The average Bonchev–Trinajstić information content (AvgIpc) is 2.95. The van der Waals surface area contributed by atoms with Crippen molar-refractivity contribution < 1.29 is 27.6 Å². The summed E-state index contributed by atoms with van der Waals surface area (Å²) in [5.41, 5.74) is 2.58. The molecule has 2 atom stereocenters. The van der Waals surface area contributed by atoms with Crippen molar-refractivity contribution in [2.45, 2.75) is 65.3 Å². The van der Waals surface area contributed by atoms with Gasteiger partial charge >= 0.3 is 6.18 Å². The van der Waals surface area contributed by atoms with Crippen molar-refractivity contribution in [1.82, 2.24) is 10.6 Å². The molecule has 0 spiro atoms. The molecule has 2 aromatic rings. The van der Waals surface area contributed by atoms with Crippen molar-refractivity contribution in [2.24, 2.45) is 10.4 Å². The number of carbonyl (C=O) groups is 3. The fourth-order valence-electron chi connectivity index (χ4n) is 3.92. The van der Waals surface area contributed by atoms with E-state index in [-0.39, 0.29) is 5.41 Å². The second-order valence-electron chi connectivity index (χ2n) is 10.5. The molecule has 1 aliphatic rings. The number of rotatable bonds is 8. The third-order valence-corrected chi connectivity index (χ3v) is 6.03. The molecule has 1 unspecified atom stereocenters. The number of fused-ring (bicyclic) bond motifs is 1. The highest BCUT2D eigenvalue weighted by atomic mass is 19.4. The first kappa shape index (κ1) is 28.9. The Bertz CT molecular complexity index is 1190. The number of carbonyl (C=O) groups excluding carboxylic acids is 3. The summed E-state index contributed by atoms with van der Waals surface area (Å²) >= 11 is 0. The molecular weight excluding hydrogens is 497 g/mol. The number of nitrogens with zero attached hydrogens (tertiary/aromatic N) is 2. The van der Waals surface area contributed by atoms with E-state index in [1.54, 1.807) is 4.90 Å². The van der Waals surface area contributed by atoms with Gasteiger partial charge in [0.05, 0.1) is 17.8 Å². The van der Waals surface area contributed by atoms with Crippen LogP contribution in [0.5, 0.6) is 0 Å². The van der Waals surface area contributed by atoms with Crippen LogP contribution < -0.4 is 15.5 Å². The molecule has 0 aromatic heterocycles. The first-order chi connectivity index (χ1) is 17.7. The molecule has 7 nitrogen and oxygen atoms in total. The predicted octanol–water partition coefficient (Wildman–Crippen LogP) is 4.60. The highest BCUT2D eigenvalue weighted by molar-refractivity contribution is 6.20. The molecule has 3 rings (SSSR count). The van der Waals surface area contributed by atoms with E-state index in [9.17, 15) is 27.6 Å². The van der Waals surface area contributed by atoms with E-state index < -0.39 is 48.9 Å². The smallest absolute Gasteiger partial charge is 0.345 e. The van der Waals surface area contributed by atoms with Gasteiger partial charge in [0.15, 0.2) is 0 Å². The van der Waals surface area contributed by atoms with Crippen LogP contribution in [0.25, 0.3) is 0 Å². The zero-order valence-corrected chi connectivity index (χ0v) is 21.9. The number of hydrogen-bond acceptors (Lipinski definition) is 4. The summed E-state index contributed by atoms with van der Waals surface area (Å²) in [4.78, 5) is 45.0. The first-order valence-electron chi connectivity index (χ1n) is 12.5. The maximum Gasteiger partial charge on any atom is 0.389 e. The molecule has 1 heterocycles. The molecule has 0 bridgehead atoms. The lowest BCUT2D eigenvalue weighted by atomic mass is 9.91. The van der Waals surface area contributed by atoms with Gasteiger partial charge in [0.25, 0.3) is 5.91 Å². The first-order valence-corrected chi connectivity index (χ1v) is 12.5. The molecule has 38 heavy (non-hydrogen) atoms. The van der Waals surface area contributed by atoms with Gasteiger partial charge < -0.3 is 15.5 Å². The van der Waals surface area contributed by atoms with E-state index >= 15 is 0 Å². The van der Waals surface area contributed by atoms with Crippen molar-refractivity contribution in [3.8, 4) is 0 Å². The summed E-state index contributed by atoms with van der Waals surface area (Å²) in [6.45, 7) is 7.92. The molecule has 2 aromatic carbocycles. The van der Waals surface area contributed by atoms with Gasteiger partial charge in [0.2, 0.25) is 18.0 Å². The maximum atomic E-state index is 13.8. The lowest BCUT2D eigenvalue weighted by molar-refractivity contribution is -0.144. The van der Waals surface area contributed by atoms with Crippen LogP contribution in [0.15, 0.2) is 59.6 Å². The van der Waals surface area contributed by atoms with Crippen molar-refractivity contribution in [2.75, 3.05) is 11.4 Å². The van der Waals surface area contributed by atoms with Gasteiger partial charge in [-0.15, -0.1) is 0 Å². The van der Waals surface area contributed by atoms with Gasteiger partial charge in [-0.25, -0.2) is 4.99 Å². The summed E-state index contributed by atoms with van der Waals surface area (Å²) in [6.07, 6.45) is -7.20. The van der Waals surface area contributed by atoms with Crippen molar-refractivity contribution in [3.05, 3.63) is 65.7 Å². The summed E-state index contributed by atoms with van der Waals surface area (Å²) in [7, 11) is 0. The zero-order chi connectivity index (χ0) is 28.1. The average molecular weight is 531 g/mol. The molecule has 2 N–H and O–H groups in total. The van der Waals surface area contributed by atoms with E-state index in [1.165, 1.54) is 6.92 Å². The van der Waals surface area contributed by atoms with Crippen LogP contribution in [-0.4, -0.2) is 48.4 Å². The Labute approximate surface area is 220 Å². The topological polar surface area (TPSA) is 90.9 Å². The van der Waals surface area contributed by atoms with Gasteiger partial charge in [0.1, 0.15) is 6.04 Å². The van der Waals surface area contributed by atoms with Crippen LogP contribution in [0, 0.1) is 5.41 Å². The second kappa shape index (κ2) is 11.8. The third-order valence-electron chi connectivity index (χ3n) is 6.03. The Hall–Kier alpha value is -3.69. The normalized spacial score (nSPS) is 16.7. The minimum atomic E-state index is -4.48. The van der Waals surface area contributed by atoms with Crippen molar-refractivity contribution in [1.29, 1.82) is 0 Å². The summed E-state index contributed by atoms with van der Waals surface area (Å²) in [5.74, 6) is -2.09. The molecule has 0 radical (unpaired) electrons. The Morgan fingerprint density at radius 1 is 1.00 bits per heavy atom. The lowest BCUT2D eigenvalue weighted by Crippen LogP contribution is -2.53. The zero-order valence-electron chi connectivity index (χ0n) is 21.9. The summed E-state index contributed by atoms with van der Waals surface area (Å²) < 4.78 is 37.3. The molecule has 204 valence electrons. The lowest BCUT2D eigenvalue weighted by Gasteiger charge is -2.29. The highest BCUT2D eigenvalue weighted by Crippen LogP contribution is 2.30. The minimum Gasteiger partial charge on any atom is -0.345 e. The second-order valence-corrected chi connectivity index (χ2v) is 10.5. The number of benzene rings is 2. The molecule has 0 saturated carbocycles. The monoisotopic (exact) mass is 530 g/mol. The van der Waals surface area contributed by atoms with Gasteiger partial charge in [-0.1, -0.05) is 69.3 Å². The van der Waals surface area contributed by atoms with E-state index in [1.807, 2.05) is 54.6 Å². The fraction of sp³-hybridized carbons (Fsp3) is 0.429. The predicted molar refractivity (Wildman–Crippen MR) is 140 cm³/mol. The number of para-hydroxylation sites is 1. The van der Waals surface area contributed by atoms with Crippen LogP contribution in [-0.2, 0) is 14.4 Å². The number of alkyl halides is 3. The number of halogens is 3. The van der Waals surface area contributed by atoms with E-state index in [4.69, 9.17) is 0 Å². The quantitative estimate of drug-likeness (QED) is 0.523. The minimum absolute atomic E-state index is 0.0708. The number of amides is 3. The maximum absolute atomic E-state index is 13.8. The summed E-state index contributed by atoms with van der Waals surface area (Å²) in [5, 5.41) is 4.86. The van der Waals surface area contributed by atoms with Gasteiger partial charge in [-0.05, 0) is 24.8 Å². The van der Waals surface area contributed by atoms with E-state index in [0.717, 1.165) is 11.1 Å². The SMILES string of the molecule is C[C@H](NC(=O)CCC(F)(F)F)C(=O)NC1N=C(c2ccccc2)c2ccccc2N(CCC(C)(C)C)C1=O. The molecule has 0 fully saturated rings. The third kappa shape index (κ3) is 7.90. The Balaban J connectivity index is 1.92. The Morgan fingerprint density at radius 2 is 1.63 bits per heavy atom. The van der Waals surface area contributed by atoms with Crippen LogP contribution in [0.3, 0.4) is 0 Å². The number of anilines is 1. The van der Waals surface area contributed by atoms with Crippen LogP contribution >= 0.6 is 0 Å². The van der Waals surface area contributed by atoms with Crippen LogP contribution in [0.1, 0.15) is 58.1 Å². The standard InChI is InChI=1S/C28H33F3N4O3/c1-18(32-22(36)14-15-28(29,30)31)25(37)34-24-26(38)35(17-16-27(2,3)4)21-13-9-8-12-20(21)23(33-24)19-10-6-5-7-11-19/h5-13,18,24H,14-17H2,1-4H3,(H,32,36)(H,34,37)/t18-,24?/m0/s1. The van der Waals surface area contributed by atoms with Crippen LogP contribution in [0.4, 0.5) is 18.9 Å². The number of aliphatic imine (C=N–C) groups is 1. The van der Waals surface area contributed by atoms with Gasteiger partial charge in [-0.2, -0.15) is 13.2 Å². The van der Waals surface area contributed by atoms with Crippen molar-refractivity contribution >= 4 is 29.1 Å².